The molecule has 2 bridgehead atoms. The molecule has 2 nitrogen and oxygen atoms in total. The van der Waals surface area contributed by atoms with Gasteiger partial charge in [0, 0.05) is 18.6 Å². The van der Waals surface area contributed by atoms with Gasteiger partial charge in [0.2, 0.25) is 0 Å². The topological polar surface area (TPSA) is 29.3 Å². The van der Waals surface area contributed by atoms with Crippen molar-refractivity contribution in [3.63, 3.8) is 0 Å². The van der Waals surface area contributed by atoms with E-state index < -0.39 is 0 Å². The summed E-state index contributed by atoms with van der Waals surface area (Å²) in [6.45, 7) is 8.24. The third-order valence-electron chi connectivity index (χ3n) is 7.09. The zero-order valence-corrected chi connectivity index (χ0v) is 14.3. The molecular weight excluding hydrogens is 256 g/mol. The smallest absolute Gasteiger partial charge is 0.0332 e. The van der Waals surface area contributed by atoms with Gasteiger partial charge in [0.15, 0.2) is 0 Å². The molecule has 122 valence electrons. The van der Waals surface area contributed by atoms with Crippen LogP contribution < -0.4 is 5.73 Å². The molecule has 3 aliphatic carbocycles. The van der Waals surface area contributed by atoms with Gasteiger partial charge in [-0.15, -0.1) is 0 Å². The minimum Gasteiger partial charge on any atom is -0.329 e. The SMILES string of the molecule is CCCN(CC1CC2CCC1C2)C1(CN)CCC(C)CC1. The van der Waals surface area contributed by atoms with Gasteiger partial charge in [0.05, 0.1) is 0 Å². The summed E-state index contributed by atoms with van der Waals surface area (Å²) in [5, 5.41) is 0. The van der Waals surface area contributed by atoms with Crippen LogP contribution in [0.2, 0.25) is 0 Å². The number of hydrogen-bond acceptors (Lipinski definition) is 2. The summed E-state index contributed by atoms with van der Waals surface area (Å²) < 4.78 is 0. The average molecular weight is 293 g/mol. The van der Waals surface area contributed by atoms with Crippen molar-refractivity contribution in [2.75, 3.05) is 19.6 Å². The van der Waals surface area contributed by atoms with Crippen LogP contribution in [0.1, 0.15) is 71.6 Å². The predicted molar refractivity (Wildman–Crippen MR) is 90.2 cm³/mol. The number of nitrogens with zero attached hydrogens (tertiary/aromatic N) is 1. The molecule has 3 aliphatic rings. The monoisotopic (exact) mass is 292 g/mol. The van der Waals surface area contributed by atoms with Crippen molar-refractivity contribution >= 4 is 0 Å². The fraction of sp³-hybridized carbons (Fsp3) is 1.00. The van der Waals surface area contributed by atoms with Gasteiger partial charge in [-0.1, -0.05) is 20.3 Å². The second-order valence-corrected chi connectivity index (χ2v) is 8.49. The molecule has 0 aromatic rings. The van der Waals surface area contributed by atoms with Gasteiger partial charge in [-0.2, -0.15) is 0 Å². The molecule has 2 heteroatoms. The molecule has 0 amide bonds. The van der Waals surface area contributed by atoms with Crippen LogP contribution in [0.4, 0.5) is 0 Å². The first-order valence-electron chi connectivity index (χ1n) is 9.62. The lowest BCUT2D eigenvalue weighted by molar-refractivity contribution is 0.0241. The molecule has 0 heterocycles. The summed E-state index contributed by atoms with van der Waals surface area (Å²) in [5.41, 5.74) is 6.66. The largest absolute Gasteiger partial charge is 0.329 e. The Labute approximate surface area is 131 Å². The van der Waals surface area contributed by atoms with Crippen molar-refractivity contribution in [3.8, 4) is 0 Å². The van der Waals surface area contributed by atoms with Crippen LogP contribution in [0.5, 0.6) is 0 Å². The van der Waals surface area contributed by atoms with E-state index >= 15 is 0 Å². The minimum atomic E-state index is 0.338. The molecule has 0 aromatic carbocycles. The molecule has 0 aromatic heterocycles. The van der Waals surface area contributed by atoms with E-state index in [0.29, 0.717) is 5.54 Å². The molecule has 2 N–H and O–H groups in total. The zero-order valence-electron chi connectivity index (χ0n) is 14.3. The molecule has 3 unspecified atom stereocenters. The van der Waals surface area contributed by atoms with E-state index in [4.69, 9.17) is 5.73 Å². The molecule has 0 spiro atoms. The zero-order chi connectivity index (χ0) is 14.9. The first-order valence-corrected chi connectivity index (χ1v) is 9.62. The predicted octanol–water partition coefficient (Wildman–Crippen LogP) is 4.04. The Morgan fingerprint density at radius 3 is 2.38 bits per heavy atom. The standard InChI is InChI=1S/C19H36N2/c1-3-10-21(13-18-12-16-4-5-17(18)11-16)19(14-20)8-6-15(2)7-9-19/h15-18H,3-14,20H2,1-2H3. The van der Waals surface area contributed by atoms with Crippen LogP contribution in [0.25, 0.3) is 0 Å². The minimum absolute atomic E-state index is 0.338. The molecule has 3 fully saturated rings. The lowest BCUT2D eigenvalue weighted by atomic mass is 9.75. The van der Waals surface area contributed by atoms with Gasteiger partial charge in [0.1, 0.15) is 0 Å². The van der Waals surface area contributed by atoms with Gasteiger partial charge in [-0.3, -0.25) is 4.90 Å². The van der Waals surface area contributed by atoms with Gasteiger partial charge >= 0.3 is 0 Å². The van der Waals surface area contributed by atoms with E-state index in [0.717, 1.165) is 30.2 Å². The molecule has 0 radical (unpaired) electrons. The second kappa shape index (κ2) is 6.58. The highest BCUT2D eigenvalue weighted by Gasteiger charge is 2.44. The molecule has 0 aliphatic heterocycles. The molecular formula is C19H36N2. The highest BCUT2D eigenvalue weighted by molar-refractivity contribution is 4.98. The van der Waals surface area contributed by atoms with Gasteiger partial charge in [0.25, 0.3) is 0 Å². The van der Waals surface area contributed by atoms with E-state index in [-0.39, 0.29) is 0 Å². The summed E-state index contributed by atoms with van der Waals surface area (Å²) in [6, 6.07) is 0. The summed E-state index contributed by atoms with van der Waals surface area (Å²) in [7, 11) is 0. The van der Waals surface area contributed by atoms with E-state index in [1.807, 2.05) is 0 Å². The van der Waals surface area contributed by atoms with Crippen LogP contribution in [0.3, 0.4) is 0 Å². The van der Waals surface area contributed by atoms with Crippen molar-refractivity contribution < 1.29 is 0 Å². The van der Waals surface area contributed by atoms with Crippen LogP contribution in [0, 0.1) is 23.7 Å². The lowest BCUT2D eigenvalue weighted by Gasteiger charge is -2.49. The molecule has 3 rings (SSSR count). The molecule has 0 saturated heterocycles. The first-order chi connectivity index (χ1) is 10.2. The Morgan fingerprint density at radius 1 is 1.10 bits per heavy atom. The maximum absolute atomic E-state index is 6.32. The Kier molecular flexibility index (Phi) is 4.95. The summed E-state index contributed by atoms with van der Waals surface area (Å²) in [5.74, 6) is 4.02. The Balaban J connectivity index is 1.67. The molecule has 21 heavy (non-hydrogen) atoms. The molecule has 3 saturated carbocycles. The Hall–Kier alpha value is -0.0800. The number of nitrogens with two attached hydrogens (primary N) is 1. The highest BCUT2D eigenvalue weighted by Crippen LogP contribution is 2.49. The van der Waals surface area contributed by atoms with Crippen LogP contribution >= 0.6 is 0 Å². The van der Waals surface area contributed by atoms with Gasteiger partial charge in [-0.25, -0.2) is 0 Å². The van der Waals surface area contributed by atoms with Gasteiger partial charge < -0.3 is 5.73 Å². The fourth-order valence-electron chi connectivity index (χ4n) is 5.62. The summed E-state index contributed by atoms with van der Waals surface area (Å²) in [4.78, 5) is 2.85. The van der Waals surface area contributed by atoms with Crippen molar-refractivity contribution in [3.05, 3.63) is 0 Å². The molecule has 3 atom stereocenters. The average Bonchev–Trinajstić information content (AvgIpc) is 3.11. The number of rotatable bonds is 6. The van der Waals surface area contributed by atoms with E-state index in [1.54, 1.807) is 0 Å². The van der Waals surface area contributed by atoms with Crippen LogP contribution in [-0.2, 0) is 0 Å². The van der Waals surface area contributed by atoms with E-state index in [9.17, 15) is 0 Å². The lowest BCUT2D eigenvalue weighted by Crippen LogP contribution is -2.57. The summed E-state index contributed by atoms with van der Waals surface area (Å²) in [6.07, 6.45) is 12.8. The van der Waals surface area contributed by atoms with Crippen molar-refractivity contribution in [2.24, 2.45) is 29.4 Å². The highest BCUT2D eigenvalue weighted by atomic mass is 15.2. The second-order valence-electron chi connectivity index (χ2n) is 8.49. The maximum atomic E-state index is 6.32. The number of fused-ring (bicyclic) bond motifs is 2. The first kappa shape index (κ1) is 15.8. The van der Waals surface area contributed by atoms with Crippen molar-refractivity contribution in [2.45, 2.75) is 77.2 Å². The Bertz CT molecular complexity index is 332. The quantitative estimate of drug-likeness (QED) is 0.800. The van der Waals surface area contributed by atoms with Crippen LogP contribution in [-0.4, -0.2) is 30.1 Å². The normalized spacial score (nSPS) is 42.9. The van der Waals surface area contributed by atoms with E-state index in [1.165, 1.54) is 70.9 Å². The third-order valence-corrected chi connectivity index (χ3v) is 7.09. The third kappa shape index (κ3) is 3.17. The van der Waals surface area contributed by atoms with E-state index in [2.05, 4.69) is 18.7 Å². The van der Waals surface area contributed by atoms with Gasteiger partial charge in [-0.05, 0) is 81.6 Å². The maximum Gasteiger partial charge on any atom is 0.0332 e. The number of hydrogen-bond donors (Lipinski definition) is 1. The fourth-order valence-corrected chi connectivity index (χ4v) is 5.62. The summed E-state index contributed by atoms with van der Waals surface area (Å²) >= 11 is 0. The van der Waals surface area contributed by atoms with Crippen LogP contribution in [0.15, 0.2) is 0 Å². The van der Waals surface area contributed by atoms with Crippen molar-refractivity contribution in [1.29, 1.82) is 0 Å². The Morgan fingerprint density at radius 2 is 1.86 bits per heavy atom. The van der Waals surface area contributed by atoms with Crippen molar-refractivity contribution in [1.82, 2.24) is 4.90 Å².